The Morgan fingerprint density at radius 2 is 1.49 bits per heavy atom. The van der Waals surface area contributed by atoms with Crippen LogP contribution >= 0.6 is 12.6 Å². The number of hydrogen-bond acceptors (Lipinski definition) is 5. The van der Waals surface area contributed by atoms with E-state index in [1.54, 1.807) is 6.26 Å². The first-order chi connectivity index (χ1) is 17.9. The molecule has 37 heavy (non-hydrogen) atoms. The van der Waals surface area contributed by atoms with Crippen LogP contribution in [-0.4, -0.2) is 50.2 Å². The monoisotopic (exact) mass is 539 g/mol. The van der Waals surface area contributed by atoms with Crippen molar-refractivity contribution in [1.82, 2.24) is 4.90 Å². The molecule has 218 valence electrons. The normalized spacial score (nSPS) is 11.9. The molecule has 1 aliphatic rings. The average Bonchev–Trinajstić information content (AvgIpc) is 2.95. The predicted molar refractivity (Wildman–Crippen MR) is 174 cm³/mol. The van der Waals surface area contributed by atoms with E-state index in [9.17, 15) is 4.79 Å². The van der Waals surface area contributed by atoms with Gasteiger partial charge in [-0.2, -0.15) is 12.6 Å². The summed E-state index contributed by atoms with van der Waals surface area (Å²) in [6, 6.07) is 9.83. The fourth-order valence-electron chi connectivity index (χ4n) is 2.39. The second-order valence-electron chi connectivity index (χ2n) is 6.79. The molecule has 1 aromatic rings. The van der Waals surface area contributed by atoms with Crippen molar-refractivity contribution in [2.45, 2.75) is 82.1 Å². The third-order valence-electron chi connectivity index (χ3n) is 3.84. The van der Waals surface area contributed by atoms with Crippen molar-refractivity contribution in [3.8, 4) is 0 Å². The molecule has 0 spiro atoms. The number of carbonyl (C=O) groups is 1. The molecule has 0 aliphatic carbocycles. The zero-order valence-electron chi connectivity index (χ0n) is 26.1. The number of amides is 1. The molecule has 0 bridgehead atoms. The van der Waals surface area contributed by atoms with Gasteiger partial charge in [0.25, 0.3) is 0 Å². The van der Waals surface area contributed by atoms with E-state index in [1.165, 1.54) is 6.42 Å². The first-order valence-corrected chi connectivity index (χ1v) is 14.5. The topological polar surface area (TPSA) is 58.8 Å². The van der Waals surface area contributed by atoms with Crippen LogP contribution < -0.4 is 10.6 Å². The number of allylic oxidation sites excluding steroid dienone is 3. The van der Waals surface area contributed by atoms with E-state index in [4.69, 9.17) is 5.73 Å². The molecule has 2 N–H and O–H groups in total. The molecule has 1 saturated heterocycles. The Labute approximate surface area is 237 Å². The van der Waals surface area contributed by atoms with Gasteiger partial charge in [0.15, 0.2) is 0 Å². The molecule has 2 rings (SSSR count). The molecule has 1 aliphatic heterocycles. The zero-order chi connectivity index (χ0) is 29.9. The lowest BCUT2D eigenvalue weighted by Crippen LogP contribution is -2.48. The second-order valence-corrected chi connectivity index (χ2v) is 6.79. The predicted octanol–water partition coefficient (Wildman–Crippen LogP) is 8.35. The molecule has 1 heterocycles. The summed E-state index contributed by atoms with van der Waals surface area (Å²) >= 11 is 3.53. The Hall–Kier alpha value is -1.86. The number of carbonyl (C=O) groups excluding carboxylic acids is 1. The van der Waals surface area contributed by atoms with Gasteiger partial charge < -0.3 is 10.5 Å². The van der Waals surface area contributed by atoms with Crippen LogP contribution in [0.4, 0.5) is 5.69 Å². The number of rotatable bonds is 6. The van der Waals surface area contributed by atoms with Gasteiger partial charge >= 0.3 is 0 Å². The fraction of sp³-hybridized carbons (Fsp3) is 0.581. The number of ether oxygens (including phenoxy) is 1. The van der Waals surface area contributed by atoms with E-state index < -0.39 is 0 Å². The number of nitrogens with two attached hydrogens (primary N) is 1. The third kappa shape index (κ3) is 32.1. The van der Waals surface area contributed by atoms with Crippen LogP contribution in [0, 0.1) is 0 Å². The molecular formula is C31H61N3O2S. The highest BCUT2D eigenvalue weighted by molar-refractivity contribution is 7.79. The van der Waals surface area contributed by atoms with Crippen molar-refractivity contribution >= 4 is 24.2 Å². The maximum absolute atomic E-state index is 12.0. The first kappa shape index (κ1) is 45.1. The number of anilines is 1. The van der Waals surface area contributed by atoms with Crippen LogP contribution in [0.1, 0.15) is 82.1 Å². The number of para-hydroxylation sites is 1. The van der Waals surface area contributed by atoms with E-state index in [0.29, 0.717) is 19.8 Å². The minimum absolute atomic E-state index is 0.194. The summed E-state index contributed by atoms with van der Waals surface area (Å²) in [6.45, 7) is 27.5. The first-order valence-electron chi connectivity index (χ1n) is 13.6. The van der Waals surface area contributed by atoms with E-state index in [-0.39, 0.29) is 5.91 Å². The number of thiol groups is 1. The summed E-state index contributed by atoms with van der Waals surface area (Å²) in [4.78, 5) is 16.1. The second kappa shape index (κ2) is 41.3. The molecule has 0 radical (unpaired) electrons. The molecule has 0 atom stereocenters. The zero-order valence-corrected chi connectivity index (χ0v) is 27.0. The van der Waals surface area contributed by atoms with Crippen molar-refractivity contribution in [1.29, 1.82) is 0 Å². The molecule has 6 heteroatoms. The molecule has 0 aromatic heterocycles. The van der Waals surface area contributed by atoms with Crippen molar-refractivity contribution < 1.29 is 9.53 Å². The molecule has 0 saturated carbocycles. The molecule has 0 unspecified atom stereocenters. The molecule has 1 fully saturated rings. The minimum Gasteiger partial charge on any atom is -0.367 e. The summed E-state index contributed by atoms with van der Waals surface area (Å²) in [7, 11) is 0. The van der Waals surface area contributed by atoms with Crippen LogP contribution in [-0.2, 0) is 9.53 Å². The van der Waals surface area contributed by atoms with Crippen LogP contribution in [0.3, 0.4) is 0 Å². The summed E-state index contributed by atoms with van der Waals surface area (Å²) < 4.78 is 4.61. The smallest absolute Gasteiger partial charge is 0.229 e. The Balaban J connectivity index is -0.000000157. The SMILES string of the molecule is C/C=C\C.C=C(/C=C\C)CN1CCC(=O)N(c2ccccc2)C1.CC.CC.CCC.CCOCN.CS. The van der Waals surface area contributed by atoms with Gasteiger partial charge in [0.1, 0.15) is 0 Å². The summed E-state index contributed by atoms with van der Waals surface area (Å²) in [5.74, 6) is 0.194. The Bertz CT molecular complexity index is 614. The van der Waals surface area contributed by atoms with Crippen molar-refractivity contribution in [2.24, 2.45) is 5.73 Å². The number of hydrogen-bond donors (Lipinski definition) is 2. The third-order valence-corrected chi connectivity index (χ3v) is 3.84. The highest BCUT2D eigenvalue weighted by Crippen LogP contribution is 2.19. The summed E-state index contributed by atoms with van der Waals surface area (Å²) in [6.07, 6.45) is 11.5. The Kier molecular flexibility index (Phi) is 50.3. The van der Waals surface area contributed by atoms with E-state index in [1.807, 2.05) is 115 Å². The van der Waals surface area contributed by atoms with Gasteiger partial charge in [0, 0.05) is 31.8 Å². The summed E-state index contributed by atoms with van der Waals surface area (Å²) in [5, 5.41) is 0. The van der Waals surface area contributed by atoms with Crippen LogP contribution in [0.25, 0.3) is 0 Å². The summed E-state index contributed by atoms with van der Waals surface area (Å²) in [5.41, 5.74) is 6.96. The Morgan fingerprint density at radius 1 is 1.00 bits per heavy atom. The molecule has 5 nitrogen and oxygen atoms in total. The van der Waals surface area contributed by atoms with Gasteiger partial charge in [0.05, 0.1) is 13.4 Å². The highest BCUT2D eigenvalue weighted by atomic mass is 32.1. The van der Waals surface area contributed by atoms with Gasteiger partial charge in [-0.15, -0.1) is 0 Å². The lowest BCUT2D eigenvalue weighted by Gasteiger charge is -2.35. The lowest BCUT2D eigenvalue weighted by atomic mass is 10.2. The number of nitrogens with zero attached hydrogens (tertiary/aromatic N) is 2. The van der Waals surface area contributed by atoms with Gasteiger partial charge in [0.2, 0.25) is 5.91 Å². The fourth-order valence-corrected chi connectivity index (χ4v) is 2.39. The van der Waals surface area contributed by atoms with Crippen molar-refractivity contribution in [3.63, 3.8) is 0 Å². The maximum atomic E-state index is 12.0. The largest absolute Gasteiger partial charge is 0.367 e. The quantitative estimate of drug-likeness (QED) is 0.165. The van der Waals surface area contributed by atoms with Crippen LogP contribution in [0.5, 0.6) is 0 Å². The highest BCUT2D eigenvalue weighted by Gasteiger charge is 2.24. The van der Waals surface area contributed by atoms with E-state index in [2.05, 4.69) is 42.7 Å². The van der Waals surface area contributed by atoms with E-state index >= 15 is 0 Å². The van der Waals surface area contributed by atoms with Crippen LogP contribution in [0.2, 0.25) is 0 Å². The standard InChI is InChI=1S/C16H20N2O.C4H8.C3H9NO.C3H8.2C2H6.CH4S/c1-3-7-14(2)12-17-11-10-16(19)18(13-17)15-8-5-4-6-9-15;1-3-4-2;1-2-5-3-4;1-3-2;3*1-2/h3-9H,2,10-13H2,1H3;3-4H,1-2H3;2-4H2,1H3;3H2,1-2H3;2*1-2H3;2H,1H3/b7-3-;4-3-;;;;;. The minimum atomic E-state index is 0.194. The van der Waals surface area contributed by atoms with Crippen molar-refractivity contribution in [3.05, 3.63) is 66.8 Å². The van der Waals surface area contributed by atoms with Crippen LogP contribution in [0.15, 0.2) is 66.8 Å². The van der Waals surface area contributed by atoms with Gasteiger partial charge in [-0.05, 0) is 51.7 Å². The lowest BCUT2D eigenvalue weighted by molar-refractivity contribution is -0.121. The van der Waals surface area contributed by atoms with Crippen molar-refractivity contribution in [2.75, 3.05) is 44.3 Å². The van der Waals surface area contributed by atoms with Gasteiger partial charge in [-0.1, -0.05) is 97.0 Å². The average molecular weight is 540 g/mol. The van der Waals surface area contributed by atoms with E-state index in [0.717, 1.165) is 31.0 Å². The molecule has 1 aromatic carbocycles. The van der Waals surface area contributed by atoms with Gasteiger partial charge in [-0.3, -0.25) is 14.6 Å². The Morgan fingerprint density at radius 3 is 1.84 bits per heavy atom. The van der Waals surface area contributed by atoms with Gasteiger partial charge in [-0.25, -0.2) is 0 Å². The molecular weight excluding hydrogens is 478 g/mol. The molecule has 1 amide bonds. The maximum Gasteiger partial charge on any atom is 0.229 e. The number of benzene rings is 1.